The zero-order valence-electron chi connectivity index (χ0n) is 33.2. The summed E-state index contributed by atoms with van der Waals surface area (Å²) >= 11 is 0. The highest BCUT2D eigenvalue weighted by Crippen LogP contribution is 2.52. The van der Waals surface area contributed by atoms with E-state index in [0.717, 1.165) is 31.9 Å². The largest absolute Gasteiger partial charge is 0.480 e. The topological polar surface area (TPSA) is 168 Å². The lowest BCUT2D eigenvalue weighted by Gasteiger charge is -2.25. The Kier molecular flexibility index (Phi) is 19.4. The molecule has 1 fully saturated rings. The van der Waals surface area contributed by atoms with Crippen LogP contribution in [0.1, 0.15) is 144 Å². The molecular formula is C37H61F2N2O12P. The molecule has 3 atom stereocenters. The molecule has 0 bridgehead atoms. The Morgan fingerprint density at radius 1 is 0.833 bits per heavy atom. The van der Waals surface area contributed by atoms with Crippen LogP contribution in [-0.2, 0) is 51.5 Å². The molecule has 54 heavy (non-hydrogen) atoms. The van der Waals surface area contributed by atoms with Gasteiger partial charge in [-0.05, 0) is 61.0 Å². The number of rotatable bonds is 24. The summed E-state index contributed by atoms with van der Waals surface area (Å²) in [6, 6.07) is 1.33. The van der Waals surface area contributed by atoms with E-state index in [4.69, 9.17) is 32.5 Å². The monoisotopic (exact) mass is 794 g/mol. The Morgan fingerprint density at radius 2 is 1.31 bits per heavy atom. The number of phosphoric ester groups is 1. The second-order valence-corrected chi connectivity index (χ2v) is 17.3. The van der Waals surface area contributed by atoms with E-state index in [1.807, 2.05) is 0 Å². The zero-order valence-corrected chi connectivity index (χ0v) is 34.1. The maximum absolute atomic E-state index is 16.1. The molecule has 1 saturated heterocycles. The molecule has 310 valence electrons. The van der Waals surface area contributed by atoms with Gasteiger partial charge in [0, 0.05) is 18.3 Å². The molecule has 0 aromatic carbocycles. The van der Waals surface area contributed by atoms with Crippen molar-refractivity contribution in [2.45, 2.75) is 163 Å². The number of alkyl halides is 2. The van der Waals surface area contributed by atoms with E-state index in [2.05, 4.69) is 11.9 Å². The Morgan fingerprint density at radius 3 is 1.78 bits per heavy atom. The number of hydrogen-bond acceptors (Lipinski definition) is 13. The standard InChI is InChI=1S/C37H61F2N2O12P/c1-9-10-11-12-13-14-15-16-17-18-19-20-21-29(42)53-30-28(52-31(37(30,38)39)41-23-22-27(2)40-34(41)45)24-49-54(46,50-25-47-32(43)35(3,4)5)51-26-48-33(44)36(6,7)8/h22-23,28,30-31H,9-21,24-26H2,1-8H3/t28-,30?,31-/m1/s1. The van der Waals surface area contributed by atoms with E-state index >= 15 is 8.78 Å². The number of halogens is 2. The van der Waals surface area contributed by atoms with Crippen LogP contribution < -0.4 is 5.69 Å². The molecular weight excluding hydrogens is 733 g/mol. The van der Waals surface area contributed by atoms with Gasteiger partial charge in [-0.1, -0.05) is 77.6 Å². The van der Waals surface area contributed by atoms with Gasteiger partial charge in [0.1, 0.15) is 6.10 Å². The van der Waals surface area contributed by atoms with Crippen molar-refractivity contribution < 1.29 is 60.2 Å². The molecule has 2 rings (SSSR count). The van der Waals surface area contributed by atoms with Gasteiger partial charge in [0.2, 0.25) is 19.8 Å². The van der Waals surface area contributed by atoms with Crippen LogP contribution in [0.15, 0.2) is 17.1 Å². The third-order valence-electron chi connectivity index (χ3n) is 8.49. The van der Waals surface area contributed by atoms with Gasteiger partial charge in [-0.2, -0.15) is 13.8 Å². The molecule has 0 N–H and O–H groups in total. The van der Waals surface area contributed by atoms with E-state index in [1.54, 1.807) is 41.5 Å². The van der Waals surface area contributed by atoms with Crippen molar-refractivity contribution in [2.24, 2.45) is 10.8 Å². The van der Waals surface area contributed by atoms with Crippen LogP contribution in [0, 0.1) is 17.8 Å². The lowest BCUT2D eigenvalue weighted by atomic mass is 9.98. The molecule has 0 amide bonds. The molecule has 0 spiro atoms. The molecule has 0 saturated carbocycles. The SMILES string of the molecule is CCCCCCCCCCCCCCC(=O)OC1[C@@H](COP(=O)(OCOC(=O)C(C)(C)C)OCOC(=O)C(C)(C)C)O[C@@H](n2ccc(C)nc2=O)C1(F)F. The van der Waals surface area contributed by atoms with Crippen LogP contribution in [0.2, 0.25) is 0 Å². The van der Waals surface area contributed by atoms with Crippen LogP contribution in [-0.4, -0.2) is 65.8 Å². The van der Waals surface area contributed by atoms with Gasteiger partial charge < -0.3 is 18.9 Å². The number of carbonyl (C=O) groups is 3. The minimum absolute atomic E-state index is 0.142. The Hall–Kier alpha value is -2.78. The van der Waals surface area contributed by atoms with Crippen molar-refractivity contribution in [3.8, 4) is 0 Å². The maximum Gasteiger partial charge on any atom is 0.480 e. The van der Waals surface area contributed by atoms with Gasteiger partial charge in [-0.15, -0.1) is 0 Å². The van der Waals surface area contributed by atoms with Crippen molar-refractivity contribution in [2.75, 3.05) is 20.2 Å². The van der Waals surface area contributed by atoms with Crippen molar-refractivity contribution in [3.05, 3.63) is 28.4 Å². The number of nitrogens with zero attached hydrogens (tertiary/aromatic N) is 2. The molecule has 0 radical (unpaired) electrons. The average molecular weight is 795 g/mol. The van der Waals surface area contributed by atoms with Gasteiger partial charge >= 0.3 is 37.3 Å². The van der Waals surface area contributed by atoms with Gasteiger partial charge in [0.05, 0.1) is 17.4 Å². The predicted octanol–water partition coefficient (Wildman–Crippen LogP) is 8.34. The van der Waals surface area contributed by atoms with Crippen molar-refractivity contribution >= 4 is 25.7 Å². The Balaban J connectivity index is 2.13. The number of phosphoric acid groups is 1. The van der Waals surface area contributed by atoms with Crippen LogP contribution in [0.25, 0.3) is 0 Å². The highest BCUT2D eigenvalue weighted by atomic mass is 31.2. The molecule has 14 nitrogen and oxygen atoms in total. The summed E-state index contributed by atoms with van der Waals surface area (Å²) in [5.74, 6) is -6.37. The lowest BCUT2D eigenvalue weighted by molar-refractivity contribution is -0.176. The fraction of sp³-hybridized carbons (Fsp3) is 0.811. The van der Waals surface area contributed by atoms with E-state index in [0.29, 0.717) is 17.4 Å². The van der Waals surface area contributed by atoms with E-state index < -0.39 is 86.8 Å². The lowest BCUT2D eigenvalue weighted by Crippen LogP contribution is -2.44. The van der Waals surface area contributed by atoms with Gasteiger partial charge in [-0.3, -0.25) is 23.5 Å². The highest BCUT2D eigenvalue weighted by molar-refractivity contribution is 7.48. The summed E-state index contributed by atoms with van der Waals surface area (Å²) in [5, 5.41) is 0. The molecule has 1 unspecified atom stereocenters. The summed E-state index contributed by atoms with van der Waals surface area (Å²) in [7, 11) is -4.84. The molecule has 1 aromatic heterocycles. The van der Waals surface area contributed by atoms with Crippen LogP contribution in [0.5, 0.6) is 0 Å². The third-order valence-corrected chi connectivity index (χ3v) is 9.80. The van der Waals surface area contributed by atoms with E-state index in [1.165, 1.54) is 51.5 Å². The molecule has 0 aliphatic carbocycles. The second-order valence-electron chi connectivity index (χ2n) is 15.6. The predicted molar refractivity (Wildman–Crippen MR) is 194 cm³/mol. The number of carbonyl (C=O) groups excluding carboxylic acids is 3. The smallest absolute Gasteiger partial charge is 0.453 e. The average Bonchev–Trinajstić information content (AvgIpc) is 3.31. The van der Waals surface area contributed by atoms with Gasteiger partial charge in [0.15, 0.2) is 6.10 Å². The van der Waals surface area contributed by atoms with Crippen LogP contribution in [0.3, 0.4) is 0 Å². The quantitative estimate of drug-likeness (QED) is 0.0322. The first-order chi connectivity index (χ1) is 25.2. The number of ether oxygens (including phenoxy) is 4. The molecule has 2 heterocycles. The molecule has 17 heteroatoms. The minimum atomic E-state index is -4.84. The van der Waals surface area contributed by atoms with Gasteiger partial charge in [0.25, 0.3) is 0 Å². The van der Waals surface area contributed by atoms with E-state index in [9.17, 15) is 23.7 Å². The first-order valence-electron chi connectivity index (χ1n) is 18.9. The summed E-state index contributed by atoms with van der Waals surface area (Å²) in [5.41, 5.74) is -2.68. The summed E-state index contributed by atoms with van der Waals surface area (Å²) in [4.78, 5) is 53.7. The second kappa shape index (κ2) is 22.1. The normalized spacial score (nSPS) is 18.7. The number of aryl methyl sites for hydroxylation is 1. The van der Waals surface area contributed by atoms with Gasteiger partial charge in [-0.25, -0.2) is 18.4 Å². The zero-order chi connectivity index (χ0) is 40.6. The van der Waals surface area contributed by atoms with Crippen molar-refractivity contribution in [1.29, 1.82) is 0 Å². The maximum atomic E-state index is 16.1. The molecule has 1 aliphatic rings. The third kappa shape index (κ3) is 16.1. The number of hydrogen-bond donors (Lipinski definition) is 0. The van der Waals surface area contributed by atoms with Crippen molar-refractivity contribution in [1.82, 2.24) is 9.55 Å². The first kappa shape index (κ1) is 47.4. The summed E-state index contributed by atoms with van der Waals surface area (Å²) < 4.78 is 82.7. The number of unbranched alkanes of at least 4 members (excludes halogenated alkanes) is 11. The van der Waals surface area contributed by atoms with Crippen molar-refractivity contribution in [3.63, 3.8) is 0 Å². The van der Waals surface area contributed by atoms with E-state index in [-0.39, 0.29) is 12.1 Å². The minimum Gasteiger partial charge on any atom is -0.453 e. The van der Waals surface area contributed by atoms with Crippen LogP contribution in [0.4, 0.5) is 8.78 Å². The summed E-state index contributed by atoms with van der Waals surface area (Å²) in [6.45, 7) is 10.2. The Bertz CT molecular complexity index is 1410. The fourth-order valence-electron chi connectivity index (χ4n) is 5.23. The Labute approximate surface area is 317 Å². The summed E-state index contributed by atoms with van der Waals surface area (Å²) in [6.07, 6.45) is 7.28. The fourth-order valence-corrected chi connectivity index (χ4v) is 6.15. The molecule has 1 aromatic rings. The number of esters is 3. The van der Waals surface area contributed by atoms with Crippen LogP contribution >= 0.6 is 7.82 Å². The first-order valence-corrected chi connectivity index (χ1v) is 20.3. The highest BCUT2D eigenvalue weighted by Gasteiger charge is 2.63. The number of aromatic nitrogens is 2. The molecule has 1 aliphatic heterocycles.